The van der Waals surface area contributed by atoms with Crippen LogP contribution in [0.15, 0.2) is 24.3 Å². The van der Waals surface area contributed by atoms with E-state index in [1.54, 1.807) is 0 Å². The molecule has 0 radical (unpaired) electrons. The van der Waals surface area contributed by atoms with Crippen LogP contribution in [0.2, 0.25) is 0 Å². The van der Waals surface area contributed by atoms with Gasteiger partial charge in [0.1, 0.15) is 5.75 Å². The lowest BCUT2D eigenvalue weighted by Crippen LogP contribution is -2.47. The molecule has 20 heavy (non-hydrogen) atoms. The summed E-state index contributed by atoms with van der Waals surface area (Å²) >= 11 is 0. The minimum atomic E-state index is -0.0843. The molecule has 110 valence electrons. The van der Waals surface area contributed by atoms with Crippen molar-refractivity contribution in [2.45, 2.75) is 51.6 Å². The van der Waals surface area contributed by atoms with Crippen LogP contribution >= 0.6 is 0 Å². The van der Waals surface area contributed by atoms with Crippen molar-refractivity contribution in [3.8, 4) is 5.75 Å². The van der Waals surface area contributed by atoms with Gasteiger partial charge in [0.25, 0.3) is 0 Å². The summed E-state index contributed by atoms with van der Waals surface area (Å²) in [5, 5.41) is 6.31. The minimum Gasteiger partial charge on any atom is -0.494 e. The van der Waals surface area contributed by atoms with Gasteiger partial charge in [0, 0.05) is 17.8 Å². The van der Waals surface area contributed by atoms with Gasteiger partial charge in [-0.25, -0.2) is 0 Å². The van der Waals surface area contributed by atoms with E-state index in [2.05, 4.69) is 24.5 Å². The summed E-state index contributed by atoms with van der Waals surface area (Å²) in [5.74, 6) is 0.846. The molecule has 4 heteroatoms. The van der Waals surface area contributed by atoms with E-state index in [0.717, 1.165) is 37.1 Å². The molecule has 2 rings (SSSR count). The minimum absolute atomic E-state index is 0.0455. The highest BCUT2D eigenvalue weighted by molar-refractivity contribution is 5.95. The zero-order valence-electron chi connectivity index (χ0n) is 12.3. The predicted octanol–water partition coefficient (Wildman–Crippen LogP) is 2.94. The molecule has 1 aliphatic heterocycles. The molecule has 1 fully saturated rings. The smallest absolute Gasteiger partial charge is 0.241 e. The molecule has 2 N–H and O–H groups in total. The van der Waals surface area contributed by atoms with Crippen molar-refractivity contribution in [2.24, 2.45) is 0 Å². The number of nitrogens with one attached hydrogen (secondary N) is 2. The van der Waals surface area contributed by atoms with E-state index in [0.29, 0.717) is 12.6 Å². The van der Waals surface area contributed by atoms with Gasteiger partial charge in [-0.2, -0.15) is 0 Å². The first-order valence-corrected chi connectivity index (χ1v) is 7.49. The molecule has 4 nitrogen and oxygen atoms in total. The molecule has 0 bridgehead atoms. The first kappa shape index (κ1) is 14.9. The zero-order chi connectivity index (χ0) is 14.4. The summed E-state index contributed by atoms with van der Waals surface area (Å²) in [4.78, 5) is 12.2. The molecule has 2 atom stereocenters. The summed E-state index contributed by atoms with van der Waals surface area (Å²) in [6.07, 6.45) is 4.12. The Kier molecular flexibility index (Phi) is 5.41. The first-order valence-electron chi connectivity index (χ1n) is 7.49. The molecule has 0 aliphatic carbocycles. The van der Waals surface area contributed by atoms with Crippen LogP contribution in [0.3, 0.4) is 0 Å². The number of carbonyl (C=O) groups excluding carboxylic acids is 1. The van der Waals surface area contributed by atoms with Gasteiger partial charge in [-0.1, -0.05) is 13.0 Å². The van der Waals surface area contributed by atoms with Crippen LogP contribution in [-0.4, -0.2) is 24.6 Å². The molecule has 1 heterocycles. The van der Waals surface area contributed by atoms with Gasteiger partial charge in [0.15, 0.2) is 0 Å². The van der Waals surface area contributed by atoms with Crippen LogP contribution in [0.25, 0.3) is 0 Å². The van der Waals surface area contributed by atoms with Crippen LogP contribution < -0.4 is 15.4 Å². The van der Waals surface area contributed by atoms with Gasteiger partial charge in [0.05, 0.1) is 12.6 Å². The number of anilines is 1. The number of rotatable bonds is 5. The lowest BCUT2D eigenvalue weighted by molar-refractivity contribution is -0.118. The average Bonchev–Trinajstić information content (AvgIpc) is 2.45. The number of hydrogen-bond acceptors (Lipinski definition) is 3. The molecule has 1 amide bonds. The van der Waals surface area contributed by atoms with Crippen LogP contribution in [-0.2, 0) is 4.79 Å². The number of piperidine rings is 1. The van der Waals surface area contributed by atoms with Crippen molar-refractivity contribution >= 4 is 11.6 Å². The van der Waals surface area contributed by atoms with E-state index in [9.17, 15) is 4.79 Å². The quantitative estimate of drug-likeness (QED) is 0.869. The molecular weight excluding hydrogens is 252 g/mol. The second kappa shape index (κ2) is 7.29. The molecule has 1 saturated heterocycles. The van der Waals surface area contributed by atoms with E-state index in [1.807, 2.05) is 24.3 Å². The molecule has 0 saturated carbocycles. The Hall–Kier alpha value is -1.55. The monoisotopic (exact) mass is 276 g/mol. The van der Waals surface area contributed by atoms with Gasteiger partial charge >= 0.3 is 0 Å². The van der Waals surface area contributed by atoms with Gasteiger partial charge in [-0.3, -0.25) is 4.79 Å². The van der Waals surface area contributed by atoms with Crippen molar-refractivity contribution in [3.05, 3.63) is 24.3 Å². The number of benzene rings is 1. The lowest BCUT2D eigenvalue weighted by Gasteiger charge is -2.27. The fraction of sp³-hybridized carbons (Fsp3) is 0.562. The summed E-state index contributed by atoms with van der Waals surface area (Å²) < 4.78 is 5.57. The number of ether oxygens (including phenoxy) is 1. The third-order valence-corrected chi connectivity index (χ3v) is 3.51. The summed E-state index contributed by atoms with van der Waals surface area (Å²) in [6, 6.07) is 7.91. The Morgan fingerprint density at radius 2 is 2.30 bits per heavy atom. The van der Waals surface area contributed by atoms with Gasteiger partial charge in [-0.05, 0) is 44.7 Å². The molecule has 1 aliphatic rings. The topological polar surface area (TPSA) is 50.4 Å². The summed E-state index contributed by atoms with van der Waals surface area (Å²) in [5.41, 5.74) is 0.795. The Morgan fingerprint density at radius 1 is 1.45 bits per heavy atom. The second-order valence-electron chi connectivity index (χ2n) is 5.42. The van der Waals surface area contributed by atoms with Crippen LogP contribution in [0.4, 0.5) is 5.69 Å². The van der Waals surface area contributed by atoms with E-state index in [4.69, 9.17) is 4.74 Å². The third kappa shape index (κ3) is 4.23. The summed E-state index contributed by atoms with van der Waals surface area (Å²) in [7, 11) is 0. The van der Waals surface area contributed by atoms with Crippen LogP contribution in [0.5, 0.6) is 5.75 Å². The van der Waals surface area contributed by atoms with Gasteiger partial charge < -0.3 is 15.4 Å². The first-order chi connectivity index (χ1) is 9.69. The Labute approximate surface area is 120 Å². The van der Waals surface area contributed by atoms with Gasteiger partial charge in [-0.15, -0.1) is 0 Å². The molecule has 0 aromatic heterocycles. The maximum Gasteiger partial charge on any atom is 0.241 e. The highest BCUT2D eigenvalue weighted by Gasteiger charge is 2.24. The number of carbonyl (C=O) groups is 1. The Bertz CT molecular complexity index is 448. The fourth-order valence-corrected chi connectivity index (χ4v) is 2.46. The highest BCUT2D eigenvalue weighted by Crippen LogP contribution is 2.19. The van der Waals surface area contributed by atoms with E-state index in [-0.39, 0.29) is 11.9 Å². The molecule has 1 aromatic rings. The maximum atomic E-state index is 12.2. The van der Waals surface area contributed by atoms with Crippen molar-refractivity contribution in [3.63, 3.8) is 0 Å². The average molecular weight is 276 g/mol. The van der Waals surface area contributed by atoms with E-state index < -0.39 is 0 Å². The highest BCUT2D eigenvalue weighted by atomic mass is 16.5. The van der Waals surface area contributed by atoms with Crippen LogP contribution in [0.1, 0.15) is 39.5 Å². The number of amides is 1. The molecule has 1 aromatic carbocycles. The maximum absolute atomic E-state index is 12.2. The molecule has 0 spiro atoms. The number of hydrogen-bond donors (Lipinski definition) is 2. The van der Waals surface area contributed by atoms with Crippen molar-refractivity contribution in [1.29, 1.82) is 0 Å². The Morgan fingerprint density at radius 3 is 3.05 bits per heavy atom. The zero-order valence-corrected chi connectivity index (χ0v) is 12.3. The largest absolute Gasteiger partial charge is 0.494 e. The lowest BCUT2D eigenvalue weighted by atomic mass is 9.99. The van der Waals surface area contributed by atoms with E-state index in [1.165, 1.54) is 0 Å². The Balaban J connectivity index is 1.93. The summed E-state index contributed by atoms with van der Waals surface area (Å²) in [6.45, 7) is 4.89. The van der Waals surface area contributed by atoms with Crippen molar-refractivity contribution in [2.75, 3.05) is 11.9 Å². The van der Waals surface area contributed by atoms with Gasteiger partial charge in [0.2, 0.25) is 5.91 Å². The fourth-order valence-electron chi connectivity index (χ4n) is 2.46. The predicted molar refractivity (Wildman–Crippen MR) is 81.1 cm³/mol. The normalized spacial score (nSPS) is 22.3. The standard InChI is InChI=1S/C16H24N2O2/c1-3-10-20-14-8-5-7-13(11-14)18-16(19)15-9-4-6-12(2)17-15/h5,7-8,11-12,15,17H,3-4,6,9-10H2,1-2H3,(H,18,19). The SMILES string of the molecule is CCCOc1cccc(NC(=O)C2CCCC(C)N2)c1. The van der Waals surface area contributed by atoms with Crippen molar-refractivity contribution < 1.29 is 9.53 Å². The molecule has 2 unspecified atom stereocenters. The second-order valence-corrected chi connectivity index (χ2v) is 5.42. The van der Waals surface area contributed by atoms with E-state index >= 15 is 0 Å². The third-order valence-electron chi connectivity index (χ3n) is 3.51. The van der Waals surface area contributed by atoms with Crippen molar-refractivity contribution in [1.82, 2.24) is 5.32 Å². The van der Waals surface area contributed by atoms with Crippen LogP contribution in [0, 0.1) is 0 Å². The molecular formula is C16H24N2O2.